The van der Waals surface area contributed by atoms with Crippen molar-refractivity contribution in [2.75, 3.05) is 65.4 Å². The minimum atomic E-state index is -1.20. The maximum Gasteiger partial charge on any atom is 0.407 e. The number of aliphatic carboxylic acids is 1. The van der Waals surface area contributed by atoms with Crippen LogP contribution in [0.4, 0.5) is 24.0 Å². The van der Waals surface area contributed by atoms with Gasteiger partial charge in [0, 0.05) is 91.0 Å². The molecule has 0 saturated carbocycles. The number of nitrogens with two attached hydrogens (primary N) is 1. The first-order valence-corrected chi connectivity index (χ1v) is 45.9. The maximum atomic E-state index is 13.9. The highest BCUT2D eigenvalue weighted by molar-refractivity contribution is 5.90. The van der Waals surface area contributed by atoms with E-state index in [2.05, 4.69) is 74.4 Å². The molecule has 5 atom stereocenters. The zero-order valence-electron chi connectivity index (χ0n) is 75.3. The van der Waals surface area contributed by atoms with Crippen LogP contribution in [0.15, 0.2) is 152 Å². The molecule has 0 heterocycles. The van der Waals surface area contributed by atoms with Crippen LogP contribution in [0.1, 0.15) is 220 Å². The first kappa shape index (κ1) is 109. The first-order chi connectivity index (χ1) is 63.6. The van der Waals surface area contributed by atoms with Crippen LogP contribution in [0.2, 0.25) is 0 Å². The molecule has 17 N–H and O–H groups in total. The Kier molecular flexibility index (Phi) is 57.3. The summed E-state index contributed by atoms with van der Waals surface area (Å²) in [6.45, 7) is 2.62. The van der Waals surface area contributed by atoms with Gasteiger partial charge in [-0.25, -0.2) is 28.8 Å². The molecular weight excluding hydrogens is 1690 g/mol. The quantitative estimate of drug-likeness (QED) is 0.0127. The monoisotopic (exact) mass is 1820 g/mol. The van der Waals surface area contributed by atoms with E-state index >= 15 is 0 Å². The molecule has 0 saturated heterocycles. The minimum Gasteiger partial charge on any atom is -0.480 e. The molecule has 0 aromatic heterocycles. The Balaban J connectivity index is 1.10. The van der Waals surface area contributed by atoms with Crippen LogP contribution in [-0.2, 0) is 105 Å². The van der Waals surface area contributed by atoms with Gasteiger partial charge in [-0.05, 0) is 195 Å². The highest BCUT2D eigenvalue weighted by Gasteiger charge is 2.27. The van der Waals surface area contributed by atoms with Crippen LogP contribution in [0.25, 0.3) is 0 Å². The number of amides is 14. The number of carboxylic acid groups (broad SMARTS) is 1. The summed E-state index contributed by atoms with van der Waals surface area (Å²) in [4.78, 5) is 196. The average Bonchev–Trinajstić information content (AvgIpc) is 0.928. The fraction of sp³-hybridized carbons (Fsp3) is 0.526. The summed E-state index contributed by atoms with van der Waals surface area (Å²) >= 11 is 0. The van der Waals surface area contributed by atoms with Crippen LogP contribution in [0, 0.1) is 0 Å². The Morgan fingerprint density at radius 1 is 0.229 bits per heavy atom. The first-order valence-electron chi connectivity index (χ1n) is 45.9. The van der Waals surface area contributed by atoms with E-state index < -0.39 is 114 Å². The molecule has 718 valence electrons. The number of nitrogens with one attached hydrogen (secondary N) is 14. The van der Waals surface area contributed by atoms with E-state index in [1.54, 1.807) is 0 Å². The summed E-state index contributed by atoms with van der Waals surface area (Å²) in [5.74, 6) is -5.13. The van der Waals surface area contributed by atoms with Crippen molar-refractivity contribution < 1.29 is 101 Å². The molecule has 0 aliphatic carbocycles. The Hall–Kier alpha value is -12.9. The summed E-state index contributed by atoms with van der Waals surface area (Å²) in [6, 6.07) is 40.9. The summed E-state index contributed by atoms with van der Waals surface area (Å²) in [6.07, 6.45) is 6.26. The molecule has 0 aliphatic rings. The number of unbranched alkanes of at least 4 members (excludes halogenated alkanes) is 10. The molecule has 0 radical (unpaired) electrons. The number of rotatable bonds is 69. The number of benzene rings is 5. The lowest BCUT2D eigenvalue weighted by atomic mass is 10.1. The normalized spacial score (nSPS) is 11.9. The number of carboxylic acids is 1. The molecule has 36 nitrogen and oxygen atoms in total. The second-order valence-corrected chi connectivity index (χ2v) is 31.6. The maximum absolute atomic E-state index is 13.9. The summed E-state index contributed by atoms with van der Waals surface area (Å²) < 4.78 is 26.5. The number of alkyl carbamates (subject to hydrolysis) is 5. The molecule has 0 aliphatic heterocycles. The largest absolute Gasteiger partial charge is 0.480 e. The molecular formula is C95H137N15O21. The number of carbonyl (C=O) groups excluding carboxylic acids is 14. The van der Waals surface area contributed by atoms with Crippen LogP contribution in [-0.4, -0.2) is 190 Å². The van der Waals surface area contributed by atoms with Gasteiger partial charge in [-0.1, -0.05) is 152 Å². The molecule has 36 heteroatoms. The molecule has 5 rings (SSSR count). The van der Waals surface area contributed by atoms with Crippen molar-refractivity contribution in [3.63, 3.8) is 0 Å². The molecule has 0 fully saturated rings. The Morgan fingerprint density at radius 3 is 0.603 bits per heavy atom. The topological polar surface area (TPSA) is 517 Å². The number of hydrogen-bond acceptors (Lipinski definition) is 21. The lowest BCUT2D eigenvalue weighted by molar-refractivity contribution is -0.142. The van der Waals surface area contributed by atoms with E-state index in [0.29, 0.717) is 135 Å². The van der Waals surface area contributed by atoms with E-state index in [1.807, 2.05) is 152 Å². The third kappa shape index (κ3) is 54.3. The summed E-state index contributed by atoms with van der Waals surface area (Å²) in [7, 11) is 0. The standard InChI is InChI=1S/C95H137N15O21/c96-56-26-16-51-81(111)106-76(46-17-27-61-101-91(122)127-66-71-36-6-1-7-37-71)86(116)97-57-32-22-52-82(112)107-77(47-18-28-62-102-92(123)128-67-72-38-8-2-9-39-72)87(117)98-58-33-23-53-83(113)108-78(48-19-29-63-103-93(124)129-68-73-40-10-3-11-41-73)88(118)99-59-34-24-54-84(114)109-79(49-20-30-64-104-94(125)130-69-74-42-12-4-13-43-74)89(119)100-60-35-25-55-85(115)110-80(90(120)121)50-21-31-65-105-95(126)131-70-75-44-14-5-15-45-75/h1-15,36-45,76-80H,16-35,46-70,96H2,(H,97,116)(H,98,117)(H,99,118)(H,100,119)(H,101,122)(H,102,123)(H,103,124)(H,104,125)(H,105,126)(H,106,111)(H,107,112)(H,108,113)(H,109,114)(H,110,115)(H,120,121). The van der Waals surface area contributed by atoms with E-state index in [0.717, 1.165) is 27.8 Å². The molecule has 5 aromatic carbocycles. The van der Waals surface area contributed by atoms with Crippen LogP contribution >= 0.6 is 0 Å². The van der Waals surface area contributed by atoms with Gasteiger partial charge in [0.15, 0.2) is 0 Å². The highest BCUT2D eigenvalue weighted by Crippen LogP contribution is 2.14. The predicted octanol–water partition coefficient (Wildman–Crippen LogP) is 9.25. The van der Waals surface area contributed by atoms with Crippen LogP contribution in [0.5, 0.6) is 0 Å². The van der Waals surface area contributed by atoms with Crippen LogP contribution in [0.3, 0.4) is 0 Å². The average molecular weight is 1830 g/mol. The zero-order valence-corrected chi connectivity index (χ0v) is 75.3. The van der Waals surface area contributed by atoms with Crippen molar-refractivity contribution >= 4 is 89.6 Å². The SMILES string of the molecule is NCCCCC(=O)NC(CCCCNC(=O)OCc1ccccc1)C(=O)NCCCCC(=O)NC(CCCCNC(=O)OCc1ccccc1)C(=O)NCCCCC(=O)NC(CCCCNC(=O)OCc1ccccc1)C(=O)NCCCCC(=O)NC(CCCCNC(=O)OCc1ccccc1)C(=O)NCCCCC(=O)NC(CCCCNC(=O)OCc1ccccc1)C(=O)O. The number of ether oxygens (including phenoxy) is 5. The molecule has 0 bridgehead atoms. The van der Waals surface area contributed by atoms with E-state index in [1.165, 1.54) is 0 Å². The molecule has 5 aromatic rings. The fourth-order valence-corrected chi connectivity index (χ4v) is 13.3. The smallest absolute Gasteiger partial charge is 0.407 e. The number of hydrogen-bond donors (Lipinski definition) is 16. The van der Waals surface area contributed by atoms with E-state index in [9.17, 15) is 77.0 Å². The number of carbonyl (C=O) groups is 15. The van der Waals surface area contributed by atoms with Crippen molar-refractivity contribution in [2.45, 2.75) is 256 Å². The highest BCUT2D eigenvalue weighted by atomic mass is 16.6. The predicted molar refractivity (Wildman–Crippen MR) is 490 cm³/mol. The lowest BCUT2D eigenvalue weighted by Gasteiger charge is -2.20. The van der Waals surface area contributed by atoms with Crippen molar-refractivity contribution in [2.24, 2.45) is 5.73 Å². The summed E-state index contributed by atoms with van der Waals surface area (Å²) in [5.41, 5.74) is 9.73. The van der Waals surface area contributed by atoms with Crippen molar-refractivity contribution in [3.05, 3.63) is 179 Å². The van der Waals surface area contributed by atoms with Gasteiger partial charge in [0.2, 0.25) is 53.2 Å². The van der Waals surface area contributed by atoms with Crippen molar-refractivity contribution in [1.82, 2.24) is 74.4 Å². The van der Waals surface area contributed by atoms with Gasteiger partial charge in [-0.3, -0.25) is 43.2 Å². The third-order valence-corrected chi connectivity index (χ3v) is 20.6. The summed E-state index contributed by atoms with van der Waals surface area (Å²) in [5, 5.41) is 48.6. The third-order valence-electron chi connectivity index (χ3n) is 20.6. The fourth-order valence-electron chi connectivity index (χ4n) is 13.3. The minimum absolute atomic E-state index is 0.0112. The Labute approximate surface area is 767 Å². The van der Waals surface area contributed by atoms with Gasteiger partial charge in [0.1, 0.15) is 63.2 Å². The zero-order chi connectivity index (χ0) is 94.4. The molecule has 131 heavy (non-hydrogen) atoms. The molecule has 14 amide bonds. The van der Waals surface area contributed by atoms with Gasteiger partial charge < -0.3 is 109 Å². The van der Waals surface area contributed by atoms with Gasteiger partial charge in [-0.15, -0.1) is 0 Å². The second-order valence-electron chi connectivity index (χ2n) is 31.6. The molecule has 0 spiro atoms. The molecule has 5 unspecified atom stereocenters. The van der Waals surface area contributed by atoms with Gasteiger partial charge in [-0.2, -0.15) is 0 Å². The Morgan fingerprint density at radius 2 is 0.405 bits per heavy atom. The van der Waals surface area contributed by atoms with E-state index in [-0.39, 0.29) is 162 Å². The van der Waals surface area contributed by atoms with Gasteiger partial charge in [0.05, 0.1) is 0 Å². The van der Waals surface area contributed by atoms with Crippen LogP contribution < -0.4 is 80.2 Å². The second kappa shape index (κ2) is 69.1. The lowest BCUT2D eigenvalue weighted by Crippen LogP contribution is -2.47. The van der Waals surface area contributed by atoms with Gasteiger partial charge >= 0.3 is 36.4 Å². The van der Waals surface area contributed by atoms with E-state index in [4.69, 9.17) is 29.4 Å². The van der Waals surface area contributed by atoms with Gasteiger partial charge in [0.25, 0.3) is 0 Å². The van der Waals surface area contributed by atoms with Crippen molar-refractivity contribution in [1.29, 1.82) is 0 Å². The van der Waals surface area contributed by atoms with Crippen molar-refractivity contribution in [3.8, 4) is 0 Å². The Bertz CT molecular complexity index is 4170.